The summed E-state index contributed by atoms with van der Waals surface area (Å²) < 4.78 is 5.66. The number of hydrogen-bond acceptors (Lipinski definition) is 5. The summed E-state index contributed by atoms with van der Waals surface area (Å²) in [5.41, 5.74) is 3.11. The normalized spacial score (nSPS) is 23.3. The van der Waals surface area contributed by atoms with Crippen molar-refractivity contribution in [1.29, 1.82) is 0 Å². The third kappa shape index (κ3) is 3.81. The van der Waals surface area contributed by atoms with E-state index in [4.69, 9.17) is 37.9 Å². The topological polar surface area (TPSA) is 58.5 Å². The molecule has 1 aliphatic heterocycles. The highest BCUT2D eigenvalue weighted by molar-refractivity contribution is 6.43. The SMILES string of the molecule is CO[C@H]1C[C@@H](C)C2(CCN(c3nc(C)c(-c4cccc(Cl)c4Cl)nc3CO)CC2)C1. The number of hydrogen-bond donors (Lipinski definition) is 1. The number of benzene rings is 1. The molecule has 30 heavy (non-hydrogen) atoms. The van der Waals surface area contributed by atoms with Crippen LogP contribution in [0.1, 0.15) is 44.0 Å². The van der Waals surface area contributed by atoms with Gasteiger partial charge in [-0.2, -0.15) is 0 Å². The Bertz CT molecular complexity index is 929. The van der Waals surface area contributed by atoms with Crippen LogP contribution in [-0.2, 0) is 11.3 Å². The minimum atomic E-state index is -0.169. The van der Waals surface area contributed by atoms with Crippen molar-refractivity contribution < 1.29 is 9.84 Å². The van der Waals surface area contributed by atoms with E-state index < -0.39 is 0 Å². The van der Waals surface area contributed by atoms with Crippen LogP contribution in [0.2, 0.25) is 10.0 Å². The molecule has 1 aromatic heterocycles. The van der Waals surface area contributed by atoms with Crippen LogP contribution in [0, 0.1) is 18.3 Å². The van der Waals surface area contributed by atoms with Gasteiger partial charge in [-0.1, -0.05) is 42.3 Å². The standard InChI is InChI=1S/C23H29Cl2N3O2/c1-14-11-16(30-3)12-23(14)7-9-28(10-8-23)22-19(13-29)27-21(15(2)26-22)17-5-4-6-18(24)20(17)25/h4-6,14,16,29H,7-13H2,1-3H3/t14-,16+/m1/s1. The summed E-state index contributed by atoms with van der Waals surface area (Å²) in [7, 11) is 1.82. The molecule has 2 fully saturated rings. The molecular formula is C23H29Cl2N3O2. The molecule has 5 nitrogen and oxygen atoms in total. The molecule has 1 aliphatic carbocycles. The van der Waals surface area contributed by atoms with Crippen molar-refractivity contribution in [2.75, 3.05) is 25.1 Å². The van der Waals surface area contributed by atoms with E-state index in [1.165, 1.54) is 0 Å². The van der Waals surface area contributed by atoms with Crippen molar-refractivity contribution in [2.24, 2.45) is 11.3 Å². The van der Waals surface area contributed by atoms with Gasteiger partial charge in [0, 0.05) is 25.8 Å². The van der Waals surface area contributed by atoms with Crippen LogP contribution < -0.4 is 4.90 Å². The number of ether oxygens (including phenoxy) is 1. The van der Waals surface area contributed by atoms with E-state index >= 15 is 0 Å². The van der Waals surface area contributed by atoms with Gasteiger partial charge in [0.15, 0.2) is 5.82 Å². The Morgan fingerprint density at radius 3 is 2.60 bits per heavy atom. The van der Waals surface area contributed by atoms with Crippen LogP contribution in [0.15, 0.2) is 18.2 Å². The molecule has 0 unspecified atom stereocenters. The van der Waals surface area contributed by atoms with Crippen molar-refractivity contribution in [1.82, 2.24) is 9.97 Å². The highest BCUT2D eigenvalue weighted by Crippen LogP contribution is 2.51. The number of rotatable bonds is 4. The van der Waals surface area contributed by atoms with Crippen LogP contribution in [0.4, 0.5) is 5.82 Å². The number of halogens is 2. The lowest BCUT2D eigenvalue weighted by atomic mass is 9.71. The molecule has 0 bridgehead atoms. The number of aliphatic hydroxyl groups is 1. The van der Waals surface area contributed by atoms with Gasteiger partial charge in [0.1, 0.15) is 5.69 Å². The maximum Gasteiger partial charge on any atom is 0.153 e. The maximum absolute atomic E-state index is 10.0. The Hall–Kier alpha value is -1.40. The van der Waals surface area contributed by atoms with E-state index in [0.717, 1.165) is 55.8 Å². The summed E-state index contributed by atoms with van der Waals surface area (Å²) in [6.07, 6.45) is 4.89. The Balaban J connectivity index is 1.60. The maximum atomic E-state index is 10.0. The molecule has 162 valence electrons. The van der Waals surface area contributed by atoms with Crippen molar-refractivity contribution >= 4 is 29.0 Å². The summed E-state index contributed by atoms with van der Waals surface area (Å²) in [6.45, 7) is 5.95. The third-order valence-corrected chi connectivity index (χ3v) is 7.98. The van der Waals surface area contributed by atoms with Gasteiger partial charge in [0.2, 0.25) is 0 Å². The highest BCUT2D eigenvalue weighted by atomic mass is 35.5. The van der Waals surface area contributed by atoms with E-state index in [2.05, 4.69) is 11.8 Å². The van der Waals surface area contributed by atoms with Crippen LogP contribution >= 0.6 is 23.2 Å². The lowest BCUT2D eigenvalue weighted by molar-refractivity contribution is 0.0881. The van der Waals surface area contributed by atoms with Crippen LogP contribution in [0.25, 0.3) is 11.3 Å². The summed E-state index contributed by atoms with van der Waals surface area (Å²) in [6, 6.07) is 5.47. The molecule has 0 radical (unpaired) electrons. The molecule has 2 heterocycles. The molecule has 1 aromatic carbocycles. The Morgan fingerprint density at radius 2 is 1.97 bits per heavy atom. The fraction of sp³-hybridized carbons (Fsp3) is 0.565. The minimum Gasteiger partial charge on any atom is -0.390 e. The molecule has 2 atom stereocenters. The van der Waals surface area contributed by atoms with Gasteiger partial charge in [0.05, 0.1) is 34.1 Å². The number of aryl methyl sites for hydroxylation is 1. The fourth-order valence-electron chi connectivity index (χ4n) is 5.27. The number of anilines is 1. The molecule has 1 N–H and O–H groups in total. The minimum absolute atomic E-state index is 0.169. The first-order valence-electron chi connectivity index (χ1n) is 10.6. The van der Waals surface area contributed by atoms with Gasteiger partial charge in [-0.05, 0) is 50.0 Å². The fourth-order valence-corrected chi connectivity index (χ4v) is 5.66. The molecule has 7 heteroatoms. The average molecular weight is 450 g/mol. The van der Waals surface area contributed by atoms with Crippen LogP contribution in [-0.4, -0.2) is 41.4 Å². The van der Waals surface area contributed by atoms with E-state index in [0.29, 0.717) is 38.9 Å². The van der Waals surface area contributed by atoms with Gasteiger partial charge >= 0.3 is 0 Å². The van der Waals surface area contributed by atoms with Gasteiger partial charge in [-0.3, -0.25) is 0 Å². The first-order chi connectivity index (χ1) is 14.4. The molecule has 2 aromatic rings. The highest BCUT2D eigenvalue weighted by Gasteiger charge is 2.46. The zero-order valence-electron chi connectivity index (χ0n) is 17.8. The molecule has 4 rings (SSSR count). The smallest absolute Gasteiger partial charge is 0.153 e. The van der Waals surface area contributed by atoms with Crippen LogP contribution in [0.3, 0.4) is 0 Å². The first kappa shape index (κ1) is 21.8. The molecule has 1 saturated carbocycles. The van der Waals surface area contributed by atoms with E-state index in [9.17, 15) is 5.11 Å². The molecule has 2 aliphatic rings. The van der Waals surface area contributed by atoms with Crippen molar-refractivity contribution in [3.63, 3.8) is 0 Å². The van der Waals surface area contributed by atoms with Gasteiger partial charge in [-0.25, -0.2) is 9.97 Å². The van der Waals surface area contributed by atoms with E-state index in [1.54, 1.807) is 6.07 Å². The number of nitrogens with zero attached hydrogens (tertiary/aromatic N) is 3. The molecular weight excluding hydrogens is 421 g/mol. The Kier molecular flexibility index (Phi) is 6.27. The third-order valence-electron chi connectivity index (χ3n) is 7.17. The predicted molar refractivity (Wildman–Crippen MR) is 121 cm³/mol. The van der Waals surface area contributed by atoms with Crippen molar-refractivity contribution in [3.05, 3.63) is 39.6 Å². The quantitative estimate of drug-likeness (QED) is 0.687. The molecule has 1 spiro atoms. The summed E-state index contributed by atoms with van der Waals surface area (Å²) in [5.74, 6) is 1.45. The second-order valence-electron chi connectivity index (χ2n) is 8.74. The van der Waals surface area contributed by atoms with Gasteiger partial charge in [0.25, 0.3) is 0 Å². The second kappa shape index (κ2) is 8.62. The number of piperidine rings is 1. The zero-order valence-corrected chi connectivity index (χ0v) is 19.3. The number of aliphatic hydroxyl groups excluding tert-OH is 1. The van der Waals surface area contributed by atoms with Crippen molar-refractivity contribution in [2.45, 2.75) is 52.2 Å². The average Bonchev–Trinajstić information content (AvgIpc) is 3.06. The van der Waals surface area contributed by atoms with Gasteiger partial charge in [-0.15, -0.1) is 0 Å². The largest absolute Gasteiger partial charge is 0.390 e. The summed E-state index contributed by atoms with van der Waals surface area (Å²) >= 11 is 12.6. The van der Waals surface area contributed by atoms with E-state index in [-0.39, 0.29) is 6.61 Å². The van der Waals surface area contributed by atoms with Crippen LogP contribution in [0.5, 0.6) is 0 Å². The number of aromatic nitrogens is 2. The Labute approximate surface area is 188 Å². The molecule has 0 amide bonds. The van der Waals surface area contributed by atoms with Gasteiger partial charge < -0.3 is 14.7 Å². The monoisotopic (exact) mass is 449 g/mol. The van der Waals surface area contributed by atoms with Crippen molar-refractivity contribution in [3.8, 4) is 11.3 Å². The zero-order chi connectivity index (χ0) is 21.5. The first-order valence-corrected chi connectivity index (χ1v) is 11.3. The number of methoxy groups -OCH3 is 1. The summed E-state index contributed by atoms with van der Waals surface area (Å²) in [5, 5.41) is 11.0. The molecule has 1 saturated heterocycles. The lowest BCUT2D eigenvalue weighted by Crippen LogP contribution is -2.42. The van der Waals surface area contributed by atoms with E-state index in [1.807, 2.05) is 26.2 Å². The Morgan fingerprint density at radius 1 is 1.23 bits per heavy atom. The summed E-state index contributed by atoms with van der Waals surface area (Å²) in [4.78, 5) is 11.9. The predicted octanol–water partition coefficient (Wildman–Crippen LogP) is 5.28. The second-order valence-corrected chi connectivity index (χ2v) is 9.52. The lowest BCUT2D eigenvalue weighted by Gasteiger charge is -2.43.